The van der Waals surface area contributed by atoms with Crippen LogP contribution in [-0.4, -0.2) is 40.7 Å². The van der Waals surface area contributed by atoms with Gasteiger partial charge in [-0.15, -0.1) is 11.3 Å². The van der Waals surface area contributed by atoms with E-state index in [1.165, 1.54) is 21.6 Å². The molecule has 4 rings (SSSR count). The maximum absolute atomic E-state index is 13.5. The van der Waals surface area contributed by atoms with E-state index in [0.717, 1.165) is 25.7 Å². The molecule has 2 aliphatic rings. The van der Waals surface area contributed by atoms with Crippen molar-refractivity contribution in [2.45, 2.75) is 58.5 Å². The standard InChI is InChI=1S/C24H30N2O2S/c1-16(2)26(24(28)18-8-6-9-18)15-22(27)25-13-11-21-20(12-14-29-21)23(25)19-10-5-4-7-17(19)3/h4-5,7,10,12,14,16,18,23H,6,8-9,11,13,15H2,1-3H3/t23-/m0/s1. The van der Waals surface area contributed by atoms with Gasteiger partial charge in [-0.3, -0.25) is 9.59 Å². The van der Waals surface area contributed by atoms with Crippen LogP contribution in [0.3, 0.4) is 0 Å². The normalized spacial score (nSPS) is 19.0. The Bertz CT molecular complexity index is 900. The third-order valence-corrected chi connectivity index (χ3v) is 7.43. The number of benzene rings is 1. The Morgan fingerprint density at radius 2 is 1.93 bits per heavy atom. The molecule has 0 radical (unpaired) electrons. The van der Waals surface area contributed by atoms with Gasteiger partial charge in [0.15, 0.2) is 0 Å². The first kappa shape index (κ1) is 20.1. The molecule has 0 bridgehead atoms. The monoisotopic (exact) mass is 410 g/mol. The summed E-state index contributed by atoms with van der Waals surface area (Å²) in [6.07, 6.45) is 3.94. The van der Waals surface area contributed by atoms with Gasteiger partial charge in [0.1, 0.15) is 6.54 Å². The minimum absolute atomic E-state index is 0.0328. The molecule has 1 aromatic heterocycles. The predicted molar refractivity (Wildman–Crippen MR) is 117 cm³/mol. The number of hydrogen-bond donors (Lipinski definition) is 0. The van der Waals surface area contributed by atoms with E-state index >= 15 is 0 Å². The van der Waals surface area contributed by atoms with E-state index in [-0.39, 0.29) is 36.4 Å². The molecular formula is C24H30N2O2S. The Labute approximate surface area is 177 Å². The molecule has 29 heavy (non-hydrogen) atoms. The fourth-order valence-corrected chi connectivity index (χ4v) is 5.36. The number of fused-ring (bicyclic) bond motifs is 1. The minimum Gasteiger partial charge on any atom is -0.331 e. The van der Waals surface area contributed by atoms with Crippen LogP contribution in [-0.2, 0) is 16.0 Å². The van der Waals surface area contributed by atoms with Gasteiger partial charge in [0.2, 0.25) is 11.8 Å². The van der Waals surface area contributed by atoms with Crippen molar-refractivity contribution in [1.82, 2.24) is 9.80 Å². The van der Waals surface area contributed by atoms with E-state index in [2.05, 4.69) is 30.5 Å². The molecule has 0 saturated heterocycles. The van der Waals surface area contributed by atoms with Gasteiger partial charge in [-0.2, -0.15) is 0 Å². The number of carbonyl (C=O) groups is 2. The number of rotatable bonds is 5. The quantitative estimate of drug-likeness (QED) is 0.725. The zero-order valence-corrected chi connectivity index (χ0v) is 18.4. The molecule has 0 unspecified atom stereocenters. The van der Waals surface area contributed by atoms with Gasteiger partial charge in [-0.1, -0.05) is 30.7 Å². The molecule has 0 N–H and O–H groups in total. The second-order valence-electron chi connectivity index (χ2n) is 8.58. The van der Waals surface area contributed by atoms with Crippen molar-refractivity contribution in [3.05, 3.63) is 57.3 Å². The summed E-state index contributed by atoms with van der Waals surface area (Å²) in [5, 5.41) is 2.13. The summed E-state index contributed by atoms with van der Waals surface area (Å²) < 4.78 is 0. The molecule has 2 heterocycles. The van der Waals surface area contributed by atoms with E-state index in [1.807, 2.05) is 30.9 Å². The Morgan fingerprint density at radius 3 is 2.59 bits per heavy atom. The fraction of sp³-hybridized carbons (Fsp3) is 0.500. The highest BCUT2D eigenvalue weighted by molar-refractivity contribution is 7.10. The van der Waals surface area contributed by atoms with Crippen LogP contribution >= 0.6 is 11.3 Å². The molecule has 154 valence electrons. The number of hydrogen-bond acceptors (Lipinski definition) is 3. The molecule has 5 heteroatoms. The third-order valence-electron chi connectivity index (χ3n) is 6.44. The largest absolute Gasteiger partial charge is 0.331 e. The van der Waals surface area contributed by atoms with Crippen molar-refractivity contribution in [2.75, 3.05) is 13.1 Å². The van der Waals surface area contributed by atoms with Crippen LogP contribution in [0, 0.1) is 12.8 Å². The summed E-state index contributed by atoms with van der Waals surface area (Å²) in [4.78, 5) is 31.6. The Kier molecular flexibility index (Phi) is 5.77. The summed E-state index contributed by atoms with van der Waals surface area (Å²) >= 11 is 1.78. The number of nitrogens with zero attached hydrogens (tertiary/aromatic N) is 2. The molecule has 1 saturated carbocycles. The van der Waals surface area contributed by atoms with Crippen LogP contribution in [0.1, 0.15) is 60.7 Å². The highest BCUT2D eigenvalue weighted by atomic mass is 32.1. The van der Waals surface area contributed by atoms with Crippen LogP contribution in [0.4, 0.5) is 0 Å². The Balaban J connectivity index is 1.62. The number of thiophene rings is 1. The van der Waals surface area contributed by atoms with Crippen molar-refractivity contribution in [2.24, 2.45) is 5.92 Å². The average molecular weight is 411 g/mol. The molecule has 2 aromatic rings. The lowest BCUT2D eigenvalue weighted by Gasteiger charge is -2.40. The highest BCUT2D eigenvalue weighted by Crippen LogP contribution is 2.39. The van der Waals surface area contributed by atoms with Crippen molar-refractivity contribution in [1.29, 1.82) is 0 Å². The van der Waals surface area contributed by atoms with Crippen molar-refractivity contribution >= 4 is 23.2 Å². The topological polar surface area (TPSA) is 40.6 Å². The van der Waals surface area contributed by atoms with Crippen molar-refractivity contribution in [3.63, 3.8) is 0 Å². The third kappa shape index (κ3) is 3.85. The van der Waals surface area contributed by atoms with Gasteiger partial charge >= 0.3 is 0 Å². The molecule has 1 aliphatic heterocycles. The highest BCUT2D eigenvalue weighted by Gasteiger charge is 2.36. The minimum atomic E-state index is -0.0634. The molecule has 2 amide bonds. The van der Waals surface area contributed by atoms with Gasteiger partial charge in [-0.05, 0) is 68.2 Å². The number of amides is 2. The summed E-state index contributed by atoms with van der Waals surface area (Å²) in [5.41, 5.74) is 3.62. The first-order chi connectivity index (χ1) is 14.0. The maximum atomic E-state index is 13.5. The van der Waals surface area contributed by atoms with Crippen LogP contribution in [0.2, 0.25) is 0 Å². The number of carbonyl (C=O) groups excluding carboxylic acids is 2. The van der Waals surface area contributed by atoms with Gasteiger partial charge in [0.05, 0.1) is 6.04 Å². The zero-order valence-electron chi connectivity index (χ0n) is 17.6. The lowest BCUT2D eigenvalue weighted by Crippen LogP contribution is -2.50. The lowest BCUT2D eigenvalue weighted by atomic mass is 9.84. The zero-order chi connectivity index (χ0) is 20.5. The second kappa shape index (κ2) is 8.31. The van der Waals surface area contributed by atoms with Gasteiger partial charge in [-0.25, -0.2) is 0 Å². The van der Waals surface area contributed by atoms with Crippen molar-refractivity contribution < 1.29 is 9.59 Å². The predicted octanol–water partition coefficient (Wildman–Crippen LogP) is 4.57. The van der Waals surface area contributed by atoms with Crippen LogP contribution < -0.4 is 0 Å². The maximum Gasteiger partial charge on any atom is 0.243 e. The van der Waals surface area contributed by atoms with Crippen molar-refractivity contribution in [3.8, 4) is 0 Å². The smallest absolute Gasteiger partial charge is 0.243 e. The molecular weight excluding hydrogens is 380 g/mol. The summed E-state index contributed by atoms with van der Waals surface area (Å²) in [5.74, 6) is 0.318. The first-order valence-electron chi connectivity index (χ1n) is 10.7. The fourth-order valence-electron chi connectivity index (χ4n) is 4.46. The van der Waals surface area contributed by atoms with E-state index < -0.39 is 0 Å². The summed E-state index contributed by atoms with van der Waals surface area (Å²) in [7, 11) is 0. The van der Waals surface area contributed by atoms with E-state index in [1.54, 1.807) is 16.2 Å². The molecule has 1 aliphatic carbocycles. The van der Waals surface area contributed by atoms with Gasteiger partial charge in [0, 0.05) is 23.4 Å². The van der Waals surface area contributed by atoms with Crippen LogP contribution in [0.15, 0.2) is 35.7 Å². The average Bonchev–Trinajstić information content (AvgIpc) is 3.12. The van der Waals surface area contributed by atoms with Crippen LogP contribution in [0.25, 0.3) is 0 Å². The first-order valence-corrected chi connectivity index (χ1v) is 11.6. The van der Waals surface area contributed by atoms with Gasteiger partial charge < -0.3 is 9.80 Å². The Hall–Kier alpha value is -2.14. The van der Waals surface area contributed by atoms with Gasteiger partial charge in [0.25, 0.3) is 0 Å². The van der Waals surface area contributed by atoms with E-state index in [4.69, 9.17) is 0 Å². The SMILES string of the molecule is Cc1ccccc1[C@H]1c2ccsc2CCN1C(=O)CN(C(=O)C1CCC1)C(C)C. The molecule has 0 spiro atoms. The van der Waals surface area contributed by atoms with E-state index in [0.29, 0.717) is 6.54 Å². The second-order valence-corrected chi connectivity index (χ2v) is 9.58. The molecule has 4 nitrogen and oxygen atoms in total. The summed E-state index contributed by atoms with van der Waals surface area (Å²) in [6, 6.07) is 10.5. The lowest BCUT2D eigenvalue weighted by molar-refractivity contribution is -0.147. The molecule has 1 aromatic carbocycles. The number of aryl methyl sites for hydroxylation is 1. The van der Waals surface area contributed by atoms with E-state index in [9.17, 15) is 9.59 Å². The molecule has 1 fully saturated rings. The Morgan fingerprint density at radius 1 is 1.17 bits per heavy atom. The summed E-state index contributed by atoms with van der Waals surface area (Å²) in [6.45, 7) is 7.01. The molecule has 1 atom stereocenters. The van der Waals surface area contributed by atoms with Crippen LogP contribution in [0.5, 0.6) is 0 Å².